The fourth-order valence-corrected chi connectivity index (χ4v) is 5.16. The molecule has 0 spiro atoms. The fourth-order valence-electron chi connectivity index (χ4n) is 5.16. The number of carbonyl (C=O) groups is 2. The van der Waals surface area contributed by atoms with Gasteiger partial charge in [0.05, 0.1) is 13.2 Å². The van der Waals surface area contributed by atoms with Crippen LogP contribution in [0, 0.1) is 17.7 Å². The van der Waals surface area contributed by atoms with E-state index in [2.05, 4.69) is 12.1 Å². The van der Waals surface area contributed by atoms with Crippen LogP contribution in [0.5, 0.6) is 5.75 Å². The molecule has 0 aliphatic carbocycles. The van der Waals surface area contributed by atoms with Gasteiger partial charge in [-0.15, -0.1) is 12.4 Å². The average Bonchev–Trinajstić information content (AvgIpc) is 3.17. The summed E-state index contributed by atoms with van der Waals surface area (Å²) in [5.74, 6) is 0.0285. The molecular weight excluding hydrogens is 514 g/mol. The summed E-state index contributed by atoms with van der Waals surface area (Å²) < 4.78 is 11.1. The van der Waals surface area contributed by atoms with Gasteiger partial charge in [-0.1, -0.05) is 54.6 Å². The zero-order chi connectivity index (χ0) is 27.3. The number of halogens is 1. The van der Waals surface area contributed by atoms with Crippen molar-refractivity contribution in [3.63, 3.8) is 0 Å². The molecule has 8 heteroatoms. The number of rotatable bonds is 10. The Morgan fingerprint density at radius 1 is 1.10 bits per heavy atom. The Morgan fingerprint density at radius 3 is 2.41 bits per heavy atom. The van der Waals surface area contributed by atoms with Crippen molar-refractivity contribution in [2.24, 2.45) is 11.1 Å². The number of methoxy groups -OCH3 is 1. The second kappa shape index (κ2) is 12.8. The average molecular weight is 550 g/mol. The van der Waals surface area contributed by atoms with E-state index in [0.29, 0.717) is 24.3 Å². The van der Waals surface area contributed by atoms with Gasteiger partial charge in [0.25, 0.3) is 0 Å². The summed E-state index contributed by atoms with van der Waals surface area (Å²) in [6, 6.07) is 23.4. The van der Waals surface area contributed by atoms with Gasteiger partial charge in [-0.25, -0.2) is 0 Å². The number of amidine groups is 1. The fraction of sp³-hybridized carbons (Fsp3) is 0.323. The van der Waals surface area contributed by atoms with E-state index in [1.54, 1.807) is 11.8 Å². The number of amides is 1. The van der Waals surface area contributed by atoms with Gasteiger partial charge in [-0.3, -0.25) is 15.0 Å². The van der Waals surface area contributed by atoms with Crippen molar-refractivity contribution in [1.82, 2.24) is 4.90 Å². The minimum absolute atomic E-state index is 0. The lowest BCUT2D eigenvalue weighted by atomic mass is 9.87. The van der Waals surface area contributed by atoms with Gasteiger partial charge in [0.2, 0.25) is 5.91 Å². The first kappa shape index (κ1) is 29.7. The molecule has 0 aromatic heterocycles. The summed E-state index contributed by atoms with van der Waals surface area (Å²) in [5.41, 5.74) is 9.43. The molecule has 3 aromatic carbocycles. The van der Waals surface area contributed by atoms with E-state index < -0.39 is 11.4 Å². The second-order valence-corrected chi connectivity index (χ2v) is 10.0. The number of esters is 1. The van der Waals surface area contributed by atoms with Gasteiger partial charge in [-0.2, -0.15) is 0 Å². The number of nitrogens with one attached hydrogen (secondary N) is 1. The molecule has 0 saturated carbocycles. The summed E-state index contributed by atoms with van der Waals surface area (Å²) >= 11 is 0. The SMILES string of the molecule is COC(=O)[C@@]1(C)C[C@@H](COc2ccc(-c3ccc(C(=N)N)cc3C)cc2)N(CCCc2ccccc2)C1=O.Cl. The molecule has 1 aliphatic heterocycles. The van der Waals surface area contributed by atoms with Crippen LogP contribution in [0.15, 0.2) is 72.8 Å². The molecule has 7 nitrogen and oxygen atoms in total. The molecular formula is C31H36ClN3O4. The number of likely N-dealkylation sites (tertiary alicyclic amines) is 1. The number of benzene rings is 3. The molecule has 0 radical (unpaired) electrons. The number of carbonyl (C=O) groups excluding carboxylic acids is 2. The molecule has 206 valence electrons. The monoisotopic (exact) mass is 549 g/mol. The van der Waals surface area contributed by atoms with Crippen LogP contribution in [0.2, 0.25) is 0 Å². The van der Waals surface area contributed by atoms with Crippen molar-refractivity contribution in [2.75, 3.05) is 20.3 Å². The number of ether oxygens (including phenoxy) is 2. The number of hydrogen-bond acceptors (Lipinski definition) is 5. The normalized spacial score (nSPS) is 18.4. The maximum Gasteiger partial charge on any atom is 0.321 e. The first-order valence-electron chi connectivity index (χ1n) is 12.8. The zero-order valence-electron chi connectivity index (χ0n) is 22.6. The third-order valence-electron chi connectivity index (χ3n) is 7.31. The molecule has 4 rings (SSSR count). The van der Waals surface area contributed by atoms with Crippen LogP contribution in [-0.2, 0) is 20.7 Å². The van der Waals surface area contributed by atoms with Gasteiger partial charge < -0.3 is 20.1 Å². The highest BCUT2D eigenvalue weighted by atomic mass is 35.5. The van der Waals surface area contributed by atoms with Crippen LogP contribution >= 0.6 is 12.4 Å². The second-order valence-electron chi connectivity index (χ2n) is 10.0. The highest BCUT2D eigenvalue weighted by molar-refractivity contribution is 6.04. The van der Waals surface area contributed by atoms with E-state index in [1.165, 1.54) is 12.7 Å². The Labute approximate surface area is 236 Å². The molecule has 2 atom stereocenters. The van der Waals surface area contributed by atoms with E-state index >= 15 is 0 Å². The molecule has 1 heterocycles. The zero-order valence-corrected chi connectivity index (χ0v) is 23.4. The van der Waals surface area contributed by atoms with Gasteiger partial charge in [-0.05, 0) is 73.6 Å². The molecule has 1 aliphatic rings. The van der Waals surface area contributed by atoms with Crippen LogP contribution < -0.4 is 10.5 Å². The van der Waals surface area contributed by atoms with E-state index in [1.807, 2.05) is 67.6 Å². The quantitative estimate of drug-likeness (QED) is 0.157. The first-order valence-corrected chi connectivity index (χ1v) is 12.8. The van der Waals surface area contributed by atoms with Crippen molar-refractivity contribution in [1.29, 1.82) is 5.41 Å². The topological polar surface area (TPSA) is 106 Å². The summed E-state index contributed by atoms with van der Waals surface area (Å²) in [6.45, 7) is 4.49. The number of nitrogens with zero attached hydrogens (tertiary/aromatic N) is 1. The van der Waals surface area contributed by atoms with Gasteiger partial charge >= 0.3 is 5.97 Å². The molecule has 0 bridgehead atoms. The highest BCUT2D eigenvalue weighted by Crippen LogP contribution is 2.38. The van der Waals surface area contributed by atoms with E-state index in [0.717, 1.165) is 29.5 Å². The van der Waals surface area contributed by atoms with E-state index in [4.69, 9.17) is 20.6 Å². The highest BCUT2D eigenvalue weighted by Gasteiger charge is 2.54. The standard InChI is InChI=1S/C31H35N3O4.ClH/c1-21-18-24(28(32)33)13-16-27(21)23-11-14-26(15-12-23)38-20-25-19-31(2,30(36)37-3)29(35)34(25)17-7-10-22-8-5-4-6-9-22;/h4-6,8-9,11-16,18,25H,7,10,17,19-20H2,1-3H3,(H3,32,33);1H/t25-,31-;/m0./s1. The molecule has 1 fully saturated rings. The molecule has 3 aromatic rings. The smallest absolute Gasteiger partial charge is 0.321 e. The Kier molecular flexibility index (Phi) is 9.76. The third-order valence-corrected chi connectivity index (χ3v) is 7.31. The Morgan fingerprint density at radius 2 is 1.79 bits per heavy atom. The lowest BCUT2D eigenvalue weighted by Crippen LogP contribution is -2.41. The molecule has 0 unspecified atom stereocenters. The summed E-state index contributed by atoms with van der Waals surface area (Å²) in [5, 5.41) is 7.63. The third kappa shape index (κ3) is 6.60. The minimum Gasteiger partial charge on any atom is -0.491 e. The molecule has 39 heavy (non-hydrogen) atoms. The molecule has 3 N–H and O–H groups in total. The predicted molar refractivity (Wildman–Crippen MR) is 155 cm³/mol. The van der Waals surface area contributed by atoms with E-state index in [9.17, 15) is 9.59 Å². The molecule has 1 saturated heterocycles. The maximum atomic E-state index is 13.3. The minimum atomic E-state index is -1.21. The lowest BCUT2D eigenvalue weighted by molar-refractivity contribution is -0.157. The van der Waals surface area contributed by atoms with Crippen LogP contribution in [0.3, 0.4) is 0 Å². The van der Waals surface area contributed by atoms with Crippen molar-refractivity contribution in [2.45, 2.75) is 39.2 Å². The summed E-state index contributed by atoms with van der Waals surface area (Å²) in [7, 11) is 1.32. The van der Waals surface area contributed by atoms with Crippen molar-refractivity contribution >= 4 is 30.1 Å². The van der Waals surface area contributed by atoms with Crippen molar-refractivity contribution in [3.05, 3.63) is 89.5 Å². The van der Waals surface area contributed by atoms with Crippen molar-refractivity contribution < 1.29 is 19.1 Å². The predicted octanol–water partition coefficient (Wildman–Crippen LogP) is 5.16. The van der Waals surface area contributed by atoms with E-state index in [-0.39, 0.29) is 36.8 Å². The first-order chi connectivity index (χ1) is 18.2. The Bertz CT molecular complexity index is 1310. The molecule has 1 amide bonds. The Hall–Kier alpha value is -3.84. The van der Waals surface area contributed by atoms with Gasteiger partial charge in [0.15, 0.2) is 0 Å². The van der Waals surface area contributed by atoms with Crippen molar-refractivity contribution in [3.8, 4) is 16.9 Å². The van der Waals surface area contributed by atoms with Crippen LogP contribution in [-0.4, -0.2) is 48.9 Å². The summed E-state index contributed by atoms with van der Waals surface area (Å²) in [4.78, 5) is 27.7. The number of nitrogen functional groups attached to an aromatic ring is 1. The van der Waals surface area contributed by atoms with Crippen LogP contribution in [0.1, 0.15) is 36.5 Å². The van der Waals surface area contributed by atoms with Crippen LogP contribution in [0.4, 0.5) is 0 Å². The number of nitrogens with two attached hydrogens (primary N) is 1. The van der Waals surface area contributed by atoms with Crippen LogP contribution in [0.25, 0.3) is 11.1 Å². The number of aryl methyl sites for hydroxylation is 2. The maximum absolute atomic E-state index is 13.3. The lowest BCUT2D eigenvalue weighted by Gasteiger charge is -2.25. The Balaban J connectivity index is 0.00000420. The largest absolute Gasteiger partial charge is 0.491 e. The van der Waals surface area contributed by atoms with Gasteiger partial charge in [0, 0.05) is 12.1 Å². The number of hydrogen-bond donors (Lipinski definition) is 2. The van der Waals surface area contributed by atoms with Gasteiger partial charge in [0.1, 0.15) is 23.6 Å². The summed E-state index contributed by atoms with van der Waals surface area (Å²) in [6.07, 6.45) is 1.99.